The minimum atomic E-state index is -0.228. The molecule has 0 unspecified atom stereocenters. The van der Waals surface area contributed by atoms with Crippen LogP contribution in [0, 0.1) is 6.92 Å². The first-order valence-corrected chi connectivity index (χ1v) is 6.01. The van der Waals surface area contributed by atoms with E-state index in [1.807, 2.05) is 37.3 Å². The zero-order chi connectivity index (χ0) is 13.4. The Hall–Kier alpha value is -2.62. The van der Waals surface area contributed by atoms with Crippen LogP contribution in [-0.4, -0.2) is 9.97 Å². The minimum absolute atomic E-state index is 0.228. The number of aromatic nitrogens is 2. The van der Waals surface area contributed by atoms with Crippen LogP contribution in [0.15, 0.2) is 47.3 Å². The van der Waals surface area contributed by atoms with Crippen LogP contribution in [0.1, 0.15) is 5.56 Å². The fourth-order valence-corrected chi connectivity index (χ4v) is 2.09. The number of nitrogen functional groups attached to an aromatic ring is 1. The average Bonchev–Trinajstić information content (AvgIpc) is 2.39. The molecule has 0 radical (unpaired) electrons. The summed E-state index contributed by atoms with van der Waals surface area (Å²) < 4.78 is 0. The first-order valence-electron chi connectivity index (χ1n) is 6.01. The third-order valence-corrected chi connectivity index (χ3v) is 3.06. The monoisotopic (exact) mass is 251 g/mol. The topological polar surface area (TPSA) is 71.8 Å². The molecule has 3 N–H and O–H groups in total. The molecule has 2 aromatic carbocycles. The van der Waals surface area contributed by atoms with Gasteiger partial charge in [-0.2, -0.15) is 0 Å². The first-order chi connectivity index (χ1) is 9.15. The third kappa shape index (κ3) is 1.97. The van der Waals surface area contributed by atoms with Crippen molar-refractivity contribution in [3.05, 3.63) is 58.4 Å². The van der Waals surface area contributed by atoms with Crippen LogP contribution >= 0.6 is 0 Å². The highest BCUT2D eigenvalue weighted by atomic mass is 16.1. The predicted molar refractivity (Wildman–Crippen MR) is 76.9 cm³/mol. The highest BCUT2D eigenvalue weighted by Gasteiger charge is 2.09. The Morgan fingerprint density at radius 1 is 1.16 bits per heavy atom. The van der Waals surface area contributed by atoms with Gasteiger partial charge in [0.05, 0.1) is 11.0 Å². The van der Waals surface area contributed by atoms with Gasteiger partial charge in [-0.15, -0.1) is 0 Å². The zero-order valence-corrected chi connectivity index (χ0v) is 10.5. The average molecular weight is 251 g/mol. The van der Waals surface area contributed by atoms with Gasteiger partial charge in [0.25, 0.3) is 5.56 Å². The maximum Gasteiger partial charge on any atom is 0.275 e. The molecule has 19 heavy (non-hydrogen) atoms. The lowest BCUT2D eigenvalue weighted by Gasteiger charge is -2.05. The molecule has 0 aliphatic heterocycles. The molecule has 0 aliphatic carbocycles. The number of nitrogens with zero attached hydrogens (tertiary/aromatic N) is 1. The van der Waals surface area contributed by atoms with Gasteiger partial charge in [0.2, 0.25) is 0 Å². The van der Waals surface area contributed by atoms with E-state index in [1.165, 1.54) is 0 Å². The molecule has 3 aromatic rings. The molecule has 0 bridgehead atoms. The molecule has 0 aliphatic rings. The number of rotatable bonds is 1. The summed E-state index contributed by atoms with van der Waals surface area (Å²) in [5.41, 5.74) is 9.83. The van der Waals surface area contributed by atoms with E-state index in [0.29, 0.717) is 16.9 Å². The van der Waals surface area contributed by atoms with Crippen molar-refractivity contribution in [3.63, 3.8) is 0 Å². The number of aryl methyl sites for hydroxylation is 1. The van der Waals surface area contributed by atoms with Gasteiger partial charge in [0.1, 0.15) is 5.69 Å². The highest BCUT2D eigenvalue weighted by molar-refractivity contribution is 5.80. The van der Waals surface area contributed by atoms with E-state index < -0.39 is 0 Å². The number of benzene rings is 2. The predicted octanol–water partition coefficient (Wildman–Crippen LogP) is 2.48. The van der Waals surface area contributed by atoms with Gasteiger partial charge in [-0.1, -0.05) is 24.3 Å². The van der Waals surface area contributed by atoms with Gasteiger partial charge in [-0.05, 0) is 30.7 Å². The normalized spacial score (nSPS) is 10.8. The molecule has 0 fully saturated rings. The van der Waals surface area contributed by atoms with Crippen LogP contribution < -0.4 is 11.3 Å². The van der Waals surface area contributed by atoms with Gasteiger partial charge in [0.15, 0.2) is 0 Å². The summed E-state index contributed by atoms with van der Waals surface area (Å²) in [4.78, 5) is 19.4. The fraction of sp³-hybridized carbons (Fsp3) is 0.0667. The van der Waals surface area contributed by atoms with Crippen LogP contribution in [0.2, 0.25) is 0 Å². The number of nitrogens with two attached hydrogens (primary N) is 1. The molecule has 0 spiro atoms. The Bertz CT molecular complexity index is 821. The Morgan fingerprint density at radius 2 is 1.95 bits per heavy atom. The van der Waals surface area contributed by atoms with Crippen molar-refractivity contribution in [2.45, 2.75) is 6.92 Å². The van der Waals surface area contributed by atoms with E-state index in [2.05, 4.69) is 9.97 Å². The molecule has 4 heteroatoms. The number of aromatic amines is 1. The SMILES string of the molecule is Cc1ccc2[nH]c(=O)c(-c3ccccc3N)nc2c1. The van der Waals surface area contributed by atoms with Crippen LogP contribution in [-0.2, 0) is 0 Å². The summed E-state index contributed by atoms with van der Waals surface area (Å²) in [6.07, 6.45) is 0. The van der Waals surface area contributed by atoms with Gasteiger partial charge >= 0.3 is 0 Å². The quantitative estimate of drug-likeness (QED) is 0.653. The molecular weight excluding hydrogens is 238 g/mol. The smallest absolute Gasteiger partial charge is 0.275 e. The molecule has 0 saturated carbocycles. The van der Waals surface area contributed by atoms with Crippen LogP contribution in [0.5, 0.6) is 0 Å². The second-order valence-corrected chi connectivity index (χ2v) is 4.52. The van der Waals surface area contributed by atoms with Crippen molar-refractivity contribution in [2.24, 2.45) is 0 Å². The van der Waals surface area contributed by atoms with E-state index in [9.17, 15) is 4.79 Å². The number of hydrogen-bond acceptors (Lipinski definition) is 3. The standard InChI is InChI=1S/C15H13N3O/c1-9-6-7-12-13(8-9)17-14(15(19)18-12)10-4-2-3-5-11(10)16/h2-8H,16H2,1H3,(H,18,19). The first kappa shape index (κ1) is 11.5. The van der Waals surface area contributed by atoms with Gasteiger partial charge in [0, 0.05) is 11.3 Å². The number of fused-ring (bicyclic) bond motifs is 1. The summed E-state index contributed by atoms with van der Waals surface area (Å²) in [6, 6.07) is 13.0. The zero-order valence-electron chi connectivity index (χ0n) is 10.5. The van der Waals surface area contributed by atoms with Gasteiger partial charge in [-0.25, -0.2) is 4.98 Å². The van der Waals surface area contributed by atoms with Crippen molar-refractivity contribution in [1.29, 1.82) is 0 Å². The number of anilines is 1. The van der Waals surface area contributed by atoms with Crippen LogP contribution in [0.4, 0.5) is 5.69 Å². The molecule has 4 nitrogen and oxygen atoms in total. The molecule has 0 amide bonds. The molecule has 94 valence electrons. The van der Waals surface area contributed by atoms with Crippen molar-refractivity contribution in [3.8, 4) is 11.3 Å². The minimum Gasteiger partial charge on any atom is -0.398 e. The molecule has 0 atom stereocenters. The summed E-state index contributed by atoms with van der Waals surface area (Å²) >= 11 is 0. The number of nitrogens with one attached hydrogen (secondary N) is 1. The summed E-state index contributed by atoms with van der Waals surface area (Å²) in [7, 11) is 0. The van der Waals surface area contributed by atoms with Crippen molar-refractivity contribution in [2.75, 3.05) is 5.73 Å². The van der Waals surface area contributed by atoms with Gasteiger partial charge in [-0.3, -0.25) is 4.79 Å². The number of para-hydroxylation sites is 1. The lowest BCUT2D eigenvalue weighted by molar-refractivity contribution is 1.22. The summed E-state index contributed by atoms with van der Waals surface area (Å²) in [5, 5.41) is 0. The lowest BCUT2D eigenvalue weighted by atomic mass is 10.1. The second kappa shape index (κ2) is 4.24. The van der Waals surface area contributed by atoms with Crippen molar-refractivity contribution >= 4 is 16.7 Å². The largest absolute Gasteiger partial charge is 0.398 e. The fourth-order valence-electron chi connectivity index (χ4n) is 2.09. The molecular formula is C15H13N3O. The highest BCUT2D eigenvalue weighted by Crippen LogP contribution is 2.22. The van der Waals surface area contributed by atoms with Crippen LogP contribution in [0.25, 0.3) is 22.3 Å². The second-order valence-electron chi connectivity index (χ2n) is 4.52. The maximum atomic E-state index is 12.1. The molecule has 1 aromatic heterocycles. The summed E-state index contributed by atoms with van der Waals surface area (Å²) in [6.45, 7) is 1.99. The Kier molecular flexibility index (Phi) is 2.56. The summed E-state index contributed by atoms with van der Waals surface area (Å²) in [5.74, 6) is 0. The van der Waals surface area contributed by atoms with E-state index in [-0.39, 0.29) is 5.56 Å². The Labute approximate surface area is 109 Å². The van der Waals surface area contributed by atoms with Crippen molar-refractivity contribution < 1.29 is 0 Å². The molecule has 1 heterocycles. The van der Waals surface area contributed by atoms with E-state index in [0.717, 1.165) is 16.6 Å². The van der Waals surface area contributed by atoms with E-state index in [1.54, 1.807) is 12.1 Å². The Morgan fingerprint density at radius 3 is 2.74 bits per heavy atom. The van der Waals surface area contributed by atoms with E-state index in [4.69, 9.17) is 5.73 Å². The number of hydrogen-bond donors (Lipinski definition) is 2. The van der Waals surface area contributed by atoms with E-state index >= 15 is 0 Å². The Balaban J connectivity index is 2.33. The lowest BCUT2D eigenvalue weighted by Crippen LogP contribution is -2.12. The third-order valence-electron chi connectivity index (χ3n) is 3.06. The van der Waals surface area contributed by atoms with Crippen LogP contribution in [0.3, 0.4) is 0 Å². The van der Waals surface area contributed by atoms with Gasteiger partial charge < -0.3 is 10.7 Å². The van der Waals surface area contributed by atoms with Crippen molar-refractivity contribution in [1.82, 2.24) is 9.97 Å². The maximum absolute atomic E-state index is 12.1. The number of H-pyrrole nitrogens is 1. The molecule has 0 saturated heterocycles. The molecule has 3 rings (SSSR count).